The van der Waals surface area contributed by atoms with Crippen molar-refractivity contribution in [1.29, 1.82) is 0 Å². The molecule has 0 N–H and O–H groups in total. The third kappa shape index (κ3) is 2.50. The number of nitrogens with zero attached hydrogens (tertiary/aromatic N) is 3. The molecule has 2 aliphatic heterocycles. The van der Waals surface area contributed by atoms with E-state index in [9.17, 15) is 4.79 Å². The minimum absolute atomic E-state index is 0.173. The molecule has 2 aromatic heterocycles. The first-order valence-electron chi connectivity index (χ1n) is 8.26. The van der Waals surface area contributed by atoms with Crippen LogP contribution in [0.1, 0.15) is 22.9 Å². The maximum atomic E-state index is 13.2. The Bertz CT molecular complexity index is 713. The number of aromatic nitrogens is 1. The van der Waals surface area contributed by atoms with Crippen molar-refractivity contribution in [2.24, 2.45) is 5.41 Å². The van der Waals surface area contributed by atoms with Gasteiger partial charge in [-0.05, 0) is 12.5 Å². The smallest absolute Gasteiger partial charge is 0.231 e. The van der Waals surface area contributed by atoms with Crippen LogP contribution in [0.4, 0.5) is 0 Å². The Hall–Kier alpha value is -1.92. The van der Waals surface area contributed by atoms with Crippen LogP contribution in [0.15, 0.2) is 47.2 Å². The van der Waals surface area contributed by atoms with E-state index in [4.69, 9.17) is 4.42 Å². The standard InChI is InChI=1S/C18H21N3O2S/c1-2-6-21-7-4-18(17(21)22)13-20(10-14-3-8-23-12-14)11-15(18)16-19-5-9-24-16/h2-3,5,8-9,12,15H,1,4,6-7,10-11,13H2. The second kappa shape index (κ2) is 6.18. The Morgan fingerprint density at radius 1 is 1.54 bits per heavy atom. The van der Waals surface area contributed by atoms with Crippen LogP contribution in [-0.2, 0) is 11.3 Å². The van der Waals surface area contributed by atoms with Gasteiger partial charge in [0.15, 0.2) is 0 Å². The second-order valence-electron chi connectivity index (χ2n) is 6.67. The number of amides is 1. The molecule has 0 radical (unpaired) electrons. The van der Waals surface area contributed by atoms with Gasteiger partial charge in [0.1, 0.15) is 0 Å². The van der Waals surface area contributed by atoms with Crippen LogP contribution < -0.4 is 0 Å². The van der Waals surface area contributed by atoms with Crippen LogP contribution >= 0.6 is 11.3 Å². The lowest BCUT2D eigenvalue weighted by molar-refractivity contribution is -0.135. The van der Waals surface area contributed by atoms with E-state index in [0.29, 0.717) is 6.54 Å². The van der Waals surface area contributed by atoms with Crippen molar-refractivity contribution in [1.82, 2.24) is 14.8 Å². The highest BCUT2D eigenvalue weighted by molar-refractivity contribution is 7.09. The minimum Gasteiger partial charge on any atom is -0.472 e. The first-order chi connectivity index (χ1) is 11.7. The van der Waals surface area contributed by atoms with Crippen LogP contribution in [-0.4, -0.2) is 46.9 Å². The van der Waals surface area contributed by atoms with Crippen molar-refractivity contribution in [3.8, 4) is 0 Å². The number of likely N-dealkylation sites (tertiary alicyclic amines) is 2. The molecule has 1 spiro atoms. The quantitative estimate of drug-likeness (QED) is 0.783. The summed E-state index contributed by atoms with van der Waals surface area (Å²) in [7, 11) is 0. The summed E-state index contributed by atoms with van der Waals surface area (Å²) in [6.07, 6.45) is 8.03. The minimum atomic E-state index is -0.343. The Balaban J connectivity index is 1.62. The van der Waals surface area contributed by atoms with E-state index in [-0.39, 0.29) is 17.2 Å². The number of thiazole rings is 1. The van der Waals surface area contributed by atoms with E-state index >= 15 is 0 Å². The molecular formula is C18H21N3O2S. The van der Waals surface area contributed by atoms with Gasteiger partial charge in [-0.3, -0.25) is 9.69 Å². The van der Waals surface area contributed by atoms with Gasteiger partial charge < -0.3 is 9.32 Å². The van der Waals surface area contributed by atoms with Crippen molar-refractivity contribution < 1.29 is 9.21 Å². The maximum absolute atomic E-state index is 13.2. The van der Waals surface area contributed by atoms with Crippen LogP contribution in [0.2, 0.25) is 0 Å². The van der Waals surface area contributed by atoms with E-state index < -0.39 is 0 Å². The fraction of sp³-hybridized carbons (Fsp3) is 0.444. The lowest BCUT2D eigenvalue weighted by Crippen LogP contribution is -2.39. The molecule has 0 aliphatic carbocycles. The van der Waals surface area contributed by atoms with E-state index in [2.05, 4.69) is 16.5 Å². The average Bonchev–Trinajstić information content (AvgIpc) is 3.34. The number of rotatable bonds is 5. The molecule has 4 rings (SSSR count). The summed E-state index contributed by atoms with van der Waals surface area (Å²) in [6, 6.07) is 1.99. The monoisotopic (exact) mass is 343 g/mol. The SMILES string of the molecule is C=CCN1CCC2(CN(Cc3ccoc3)CC2c2nccs2)C1=O. The predicted octanol–water partition coefficient (Wildman–Crippen LogP) is 2.74. The summed E-state index contributed by atoms with van der Waals surface area (Å²) in [5.74, 6) is 0.434. The van der Waals surface area contributed by atoms with Gasteiger partial charge in [-0.25, -0.2) is 4.98 Å². The van der Waals surface area contributed by atoms with Crippen molar-refractivity contribution in [3.05, 3.63) is 53.4 Å². The van der Waals surface area contributed by atoms with Gasteiger partial charge in [-0.2, -0.15) is 0 Å². The van der Waals surface area contributed by atoms with Crippen LogP contribution in [0.25, 0.3) is 0 Å². The Morgan fingerprint density at radius 2 is 2.46 bits per heavy atom. The predicted molar refractivity (Wildman–Crippen MR) is 92.7 cm³/mol. The van der Waals surface area contributed by atoms with Gasteiger partial charge in [-0.1, -0.05) is 6.08 Å². The van der Waals surface area contributed by atoms with E-state index in [1.54, 1.807) is 23.9 Å². The average molecular weight is 343 g/mol. The molecule has 0 bridgehead atoms. The number of furan rings is 1. The topological polar surface area (TPSA) is 49.6 Å². The lowest BCUT2D eigenvalue weighted by atomic mass is 9.77. The molecule has 2 fully saturated rings. The van der Waals surface area contributed by atoms with Gasteiger partial charge in [0.25, 0.3) is 0 Å². The highest BCUT2D eigenvalue weighted by atomic mass is 32.1. The molecular weight excluding hydrogens is 322 g/mol. The van der Waals surface area contributed by atoms with Gasteiger partial charge in [0, 0.05) is 55.8 Å². The highest BCUT2D eigenvalue weighted by Gasteiger charge is 2.57. The van der Waals surface area contributed by atoms with Gasteiger partial charge in [-0.15, -0.1) is 17.9 Å². The van der Waals surface area contributed by atoms with Crippen LogP contribution in [0, 0.1) is 5.41 Å². The highest BCUT2D eigenvalue weighted by Crippen LogP contribution is 2.50. The molecule has 24 heavy (non-hydrogen) atoms. The molecule has 2 atom stereocenters. The van der Waals surface area contributed by atoms with Crippen LogP contribution in [0.3, 0.4) is 0 Å². The Kier molecular flexibility index (Phi) is 4.02. The number of carbonyl (C=O) groups is 1. The number of hydrogen-bond acceptors (Lipinski definition) is 5. The summed E-state index contributed by atoms with van der Waals surface area (Å²) in [4.78, 5) is 22.0. The summed E-state index contributed by atoms with van der Waals surface area (Å²) in [5, 5.41) is 3.08. The van der Waals surface area contributed by atoms with Crippen molar-refractivity contribution in [2.75, 3.05) is 26.2 Å². The largest absolute Gasteiger partial charge is 0.472 e. The van der Waals surface area contributed by atoms with Crippen molar-refractivity contribution in [2.45, 2.75) is 18.9 Å². The van der Waals surface area contributed by atoms with E-state index in [1.807, 2.05) is 28.6 Å². The first-order valence-corrected chi connectivity index (χ1v) is 9.14. The van der Waals surface area contributed by atoms with Crippen LogP contribution in [0.5, 0.6) is 0 Å². The summed E-state index contributed by atoms with van der Waals surface area (Å²) >= 11 is 1.66. The molecule has 4 heterocycles. The molecule has 2 aliphatic rings. The van der Waals surface area contributed by atoms with E-state index in [0.717, 1.165) is 43.2 Å². The summed E-state index contributed by atoms with van der Waals surface area (Å²) < 4.78 is 5.19. The molecule has 0 saturated carbocycles. The van der Waals surface area contributed by atoms with Crippen molar-refractivity contribution in [3.63, 3.8) is 0 Å². The zero-order valence-corrected chi connectivity index (χ0v) is 14.4. The zero-order chi connectivity index (χ0) is 16.6. The molecule has 1 amide bonds. The second-order valence-corrected chi connectivity index (χ2v) is 7.60. The molecule has 126 valence electrons. The first kappa shape index (κ1) is 15.6. The summed E-state index contributed by atoms with van der Waals surface area (Å²) in [5.41, 5.74) is 0.809. The molecule has 6 heteroatoms. The van der Waals surface area contributed by atoms with Crippen molar-refractivity contribution >= 4 is 17.2 Å². The fourth-order valence-corrected chi connectivity index (χ4v) is 4.99. The molecule has 5 nitrogen and oxygen atoms in total. The maximum Gasteiger partial charge on any atom is 0.231 e. The van der Waals surface area contributed by atoms with Gasteiger partial charge in [0.2, 0.25) is 5.91 Å². The Labute approximate surface area is 145 Å². The molecule has 2 saturated heterocycles. The zero-order valence-electron chi connectivity index (χ0n) is 13.6. The third-order valence-electron chi connectivity index (χ3n) is 5.24. The van der Waals surface area contributed by atoms with E-state index in [1.165, 1.54) is 0 Å². The molecule has 0 aromatic carbocycles. The molecule has 2 aromatic rings. The third-order valence-corrected chi connectivity index (χ3v) is 6.13. The molecule has 2 unspecified atom stereocenters. The normalized spacial score (nSPS) is 27.4. The summed E-state index contributed by atoms with van der Waals surface area (Å²) in [6.45, 7) is 7.69. The number of carbonyl (C=O) groups excluding carboxylic acids is 1. The fourth-order valence-electron chi connectivity index (χ4n) is 4.15. The number of hydrogen-bond donors (Lipinski definition) is 0. The van der Waals surface area contributed by atoms with Gasteiger partial charge >= 0.3 is 0 Å². The van der Waals surface area contributed by atoms with Gasteiger partial charge in [0.05, 0.1) is 22.9 Å². The lowest BCUT2D eigenvalue weighted by Gasteiger charge is -2.27. The Morgan fingerprint density at radius 3 is 3.17 bits per heavy atom.